The number of para-hydroxylation sites is 1. The van der Waals surface area contributed by atoms with E-state index in [1.165, 1.54) is 17.3 Å². The van der Waals surface area contributed by atoms with E-state index in [1.807, 2.05) is 31.2 Å². The maximum Gasteiger partial charge on any atom is 0.191 e. The lowest BCUT2D eigenvalue weighted by molar-refractivity contribution is 0.601. The molecule has 0 amide bonds. The second kappa shape index (κ2) is 10.1. The van der Waals surface area contributed by atoms with Crippen LogP contribution in [0.5, 0.6) is 0 Å². The number of aromatic nitrogens is 1. The van der Waals surface area contributed by atoms with E-state index in [0.29, 0.717) is 17.4 Å². The number of H-pyrrole nitrogens is 1. The first-order valence-electron chi connectivity index (χ1n) is 9.17. The Morgan fingerprint density at radius 2 is 1.86 bits per heavy atom. The number of hydrogen-bond donors (Lipinski definition) is 3. The molecular weight excluding hydrogens is 499 g/mol. The van der Waals surface area contributed by atoms with Gasteiger partial charge in [0.1, 0.15) is 0 Å². The molecule has 0 radical (unpaired) electrons. The lowest BCUT2D eigenvalue weighted by atomic mass is 10.1. The predicted molar refractivity (Wildman–Crippen MR) is 130 cm³/mol. The molecule has 3 N–H and O–H groups in total. The number of fused-ring (bicyclic) bond motifs is 1. The molecule has 0 saturated heterocycles. The number of sulfone groups is 1. The van der Waals surface area contributed by atoms with E-state index in [1.54, 1.807) is 13.1 Å². The topological polar surface area (TPSA) is 86.3 Å². The van der Waals surface area contributed by atoms with Gasteiger partial charge in [0.2, 0.25) is 0 Å². The second-order valence-corrected chi connectivity index (χ2v) is 8.84. The molecule has 0 atom stereocenters. The number of aliphatic imine (C=N–C) groups is 1. The maximum absolute atomic E-state index is 11.7. The molecule has 3 rings (SSSR count). The molecule has 0 aliphatic carbocycles. The van der Waals surface area contributed by atoms with Crippen molar-refractivity contribution in [2.75, 3.05) is 19.8 Å². The van der Waals surface area contributed by atoms with Crippen molar-refractivity contribution in [3.8, 4) is 0 Å². The number of halogens is 1. The van der Waals surface area contributed by atoms with Crippen molar-refractivity contribution in [3.63, 3.8) is 0 Å². The molecular formula is C21H27IN4O2S. The van der Waals surface area contributed by atoms with E-state index in [9.17, 15) is 8.42 Å². The van der Waals surface area contributed by atoms with Crippen LogP contribution in [-0.4, -0.2) is 39.2 Å². The summed E-state index contributed by atoms with van der Waals surface area (Å²) in [6, 6.07) is 15.8. The number of nitrogens with zero attached hydrogens (tertiary/aromatic N) is 1. The van der Waals surface area contributed by atoms with Crippen molar-refractivity contribution < 1.29 is 8.42 Å². The molecule has 1 heterocycles. The Labute approximate surface area is 189 Å². The van der Waals surface area contributed by atoms with Crippen LogP contribution < -0.4 is 10.6 Å². The van der Waals surface area contributed by atoms with E-state index < -0.39 is 9.84 Å². The van der Waals surface area contributed by atoms with Gasteiger partial charge in [-0.05, 0) is 41.6 Å². The number of rotatable bonds is 6. The molecule has 0 unspecified atom stereocenters. The molecule has 0 aliphatic heterocycles. The van der Waals surface area contributed by atoms with Crippen molar-refractivity contribution in [3.05, 3.63) is 65.4 Å². The van der Waals surface area contributed by atoms with Gasteiger partial charge in [-0.2, -0.15) is 0 Å². The van der Waals surface area contributed by atoms with Gasteiger partial charge in [0.15, 0.2) is 15.8 Å². The first-order valence-corrected chi connectivity index (χ1v) is 11.1. The highest BCUT2D eigenvalue weighted by Crippen LogP contribution is 2.17. The van der Waals surface area contributed by atoms with Crippen molar-refractivity contribution in [2.45, 2.75) is 24.8 Å². The van der Waals surface area contributed by atoms with Crippen LogP contribution in [0.25, 0.3) is 10.9 Å². The zero-order valence-electron chi connectivity index (χ0n) is 16.8. The summed E-state index contributed by atoms with van der Waals surface area (Å²) in [5.41, 5.74) is 4.08. The highest BCUT2D eigenvalue weighted by Gasteiger charge is 2.11. The summed E-state index contributed by atoms with van der Waals surface area (Å²) in [5.74, 6) is 0.709. The first kappa shape index (κ1) is 23.2. The number of aryl methyl sites for hydroxylation is 1. The van der Waals surface area contributed by atoms with E-state index in [-0.39, 0.29) is 24.0 Å². The Bertz CT molecular complexity index is 1070. The van der Waals surface area contributed by atoms with Crippen LogP contribution in [0.1, 0.15) is 16.8 Å². The number of benzene rings is 2. The number of aromatic amines is 1. The molecule has 3 aromatic rings. The van der Waals surface area contributed by atoms with Gasteiger partial charge in [-0.25, -0.2) is 8.42 Å². The lowest BCUT2D eigenvalue weighted by Crippen LogP contribution is -2.37. The SMILES string of the molecule is CN=C(NCCc1cc2ccccc2[nH]1)NCc1ccc(S(C)(=O)=O)c(C)c1.I. The van der Waals surface area contributed by atoms with E-state index in [0.717, 1.165) is 29.6 Å². The van der Waals surface area contributed by atoms with Crippen LogP contribution in [-0.2, 0) is 22.8 Å². The van der Waals surface area contributed by atoms with E-state index >= 15 is 0 Å². The van der Waals surface area contributed by atoms with Gasteiger partial charge in [-0.15, -0.1) is 24.0 Å². The molecule has 0 saturated carbocycles. The predicted octanol–water partition coefficient (Wildman–Crippen LogP) is 3.41. The number of hydrogen-bond acceptors (Lipinski definition) is 3. The monoisotopic (exact) mass is 526 g/mol. The van der Waals surface area contributed by atoms with Crippen molar-refractivity contribution in [1.29, 1.82) is 0 Å². The molecule has 0 aliphatic rings. The fourth-order valence-electron chi connectivity index (χ4n) is 3.23. The Hall–Kier alpha value is -2.07. The van der Waals surface area contributed by atoms with Gasteiger partial charge >= 0.3 is 0 Å². The quantitative estimate of drug-likeness (QED) is 0.261. The highest BCUT2D eigenvalue weighted by atomic mass is 127. The smallest absolute Gasteiger partial charge is 0.191 e. The van der Waals surface area contributed by atoms with Crippen LogP contribution >= 0.6 is 24.0 Å². The Morgan fingerprint density at radius 1 is 1.10 bits per heavy atom. The fourth-order valence-corrected chi connectivity index (χ4v) is 4.19. The average Bonchev–Trinajstić information content (AvgIpc) is 3.06. The summed E-state index contributed by atoms with van der Waals surface area (Å²) >= 11 is 0. The molecule has 2 aromatic carbocycles. The zero-order valence-corrected chi connectivity index (χ0v) is 20.0. The van der Waals surface area contributed by atoms with Crippen molar-refractivity contribution in [2.24, 2.45) is 4.99 Å². The third-order valence-electron chi connectivity index (χ3n) is 4.59. The number of nitrogens with one attached hydrogen (secondary N) is 3. The van der Waals surface area contributed by atoms with Crippen LogP contribution in [0.4, 0.5) is 0 Å². The van der Waals surface area contributed by atoms with Gasteiger partial charge in [-0.1, -0.05) is 30.3 Å². The number of guanidine groups is 1. The van der Waals surface area contributed by atoms with Gasteiger partial charge in [0.05, 0.1) is 4.90 Å². The normalized spacial score (nSPS) is 11.9. The van der Waals surface area contributed by atoms with Gasteiger partial charge in [-0.3, -0.25) is 4.99 Å². The summed E-state index contributed by atoms with van der Waals surface area (Å²) < 4.78 is 23.4. The molecule has 0 spiro atoms. The molecule has 29 heavy (non-hydrogen) atoms. The van der Waals surface area contributed by atoms with Crippen molar-refractivity contribution >= 4 is 50.7 Å². The average molecular weight is 526 g/mol. The van der Waals surface area contributed by atoms with E-state index in [4.69, 9.17) is 0 Å². The highest BCUT2D eigenvalue weighted by molar-refractivity contribution is 14.0. The van der Waals surface area contributed by atoms with Crippen LogP contribution in [0.15, 0.2) is 58.4 Å². The van der Waals surface area contributed by atoms with E-state index in [2.05, 4.69) is 38.8 Å². The third kappa shape index (κ3) is 6.20. The minimum atomic E-state index is -3.19. The Morgan fingerprint density at radius 3 is 2.52 bits per heavy atom. The largest absolute Gasteiger partial charge is 0.358 e. The second-order valence-electron chi connectivity index (χ2n) is 6.86. The van der Waals surface area contributed by atoms with Crippen LogP contribution in [0, 0.1) is 6.92 Å². The maximum atomic E-state index is 11.7. The summed E-state index contributed by atoms with van der Waals surface area (Å²) in [7, 11) is -1.46. The lowest BCUT2D eigenvalue weighted by Gasteiger charge is -2.13. The van der Waals surface area contributed by atoms with Gasteiger partial charge in [0.25, 0.3) is 0 Å². The van der Waals surface area contributed by atoms with Gasteiger partial charge in [0, 0.05) is 44.0 Å². The minimum Gasteiger partial charge on any atom is -0.358 e. The third-order valence-corrected chi connectivity index (χ3v) is 5.85. The summed E-state index contributed by atoms with van der Waals surface area (Å²) in [4.78, 5) is 8.04. The summed E-state index contributed by atoms with van der Waals surface area (Å²) in [6.07, 6.45) is 2.09. The Kier molecular flexibility index (Phi) is 8.09. The molecule has 8 heteroatoms. The first-order chi connectivity index (χ1) is 13.4. The Balaban J connectivity index is 0.00000300. The standard InChI is InChI=1S/C21H26N4O2S.HI/c1-15-12-16(8-9-20(15)28(3,26)27)14-24-21(22-2)23-11-10-18-13-17-6-4-5-7-19(17)25-18;/h4-9,12-13,25H,10-11,14H2,1-3H3,(H2,22,23,24);1H. The summed E-state index contributed by atoms with van der Waals surface area (Å²) in [5, 5.41) is 7.78. The van der Waals surface area contributed by atoms with Crippen LogP contribution in [0.3, 0.4) is 0 Å². The molecule has 156 valence electrons. The minimum absolute atomic E-state index is 0. The van der Waals surface area contributed by atoms with Crippen molar-refractivity contribution in [1.82, 2.24) is 15.6 Å². The molecule has 1 aromatic heterocycles. The molecule has 6 nitrogen and oxygen atoms in total. The fraction of sp³-hybridized carbons (Fsp3) is 0.286. The van der Waals surface area contributed by atoms with Gasteiger partial charge < -0.3 is 15.6 Å². The molecule has 0 bridgehead atoms. The zero-order chi connectivity index (χ0) is 20.1. The van der Waals surface area contributed by atoms with Crippen LogP contribution in [0.2, 0.25) is 0 Å². The molecule has 0 fully saturated rings. The summed E-state index contributed by atoms with van der Waals surface area (Å²) in [6.45, 7) is 3.13.